The predicted octanol–water partition coefficient (Wildman–Crippen LogP) is 3.46. The fourth-order valence-electron chi connectivity index (χ4n) is 3.05. The quantitative estimate of drug-likeness (QED) is 0.900. The average molecular weight is 284 g/mol. The number of nitriles is 1. The van der Waals surface area contributed by atoms with Gasteiger partial charge in [0.2, 0.25) is 5.91 Å². The second kappa shape index (κ2) is 7.26. The van der Waals surface area contributed by atoms with Crippen molar-refractivity contribution in [2.45, 2.75) is 45.4 Å². The third kappa shape index (κ3) is 4.60. The molecule has 1 aliphatic rings. The van der Waals surface area contributed by atoms with E-state index in [2.05, 4.69) is 18.3 Å². The molecule has 0 radical (unpaired) electrons. The van der Waals surface area contributed by atoms with E-state index in [1.807, 2.05) is 30.3 Å². The minimum atomic E-state index is -0.598. The number of hydrogen-bond acceptors (Lipinski definition) is 2. The molecule has 3 nitrogen and oxygen atoms in total. The summed E-state index contributed by atoms with van der Waals surface area (Å²) in [5.74, 6) is -0.729. The maximum atomic E-state index is 12.2. The molecular formula is C18H24N2O. The Morgan fingerprint density at radius 1 is 1.29 bits per heavy atom. The fraction of sp³-hybridized carbons (Fsp3) is 0.556. The molecular weight excluding hydrogens is 260 g/mol. The molecule has 0 aliphatic heterocycles. The molecule has 1 fully saturated rings. The molecule has 0 heterocycles. The minimum Gasteiger partial charge on any atom is -0.354 e. The summed E-state index contributed by atoms with van der Waals surface area (Å²) in [5, 5.41) is 12.3. The zero-order chi connectivity index (χ0) is 15.1. The number of benzene rings is 1. The summed E-state index contributed by atoms with van der Waals surface area (Å²) in [6.45, 7) is 2.93. The summed E-state index contributed by atoms with van der Waals surface area (Å²) in [6.07, 6.45) is 6.63. The highest BCUT2D eigenvalue weighted by Crippen LogP contribution is 2.34. The number of rotatable bonds is 5. The van der Waals surface area contributed by atoms with Crippen molar-refractivity contribution < 1.29 is 4.79 Å². The van der Waals surface area contributed by atoms with Crippen LogP contribution in [0.4, 0.5) is 0 Å². The summed E-state index contributed by atoms with van der Waals surface area (Å²) in [5.41, 5.74) is 1.24. The van der Waals surface area contributed by atoms with E-state index in [-0.39, 0.29) is 11.3 Å². The second-order valence-electron chi connectivity index (χ2n) is 6.46. The Bertz CT molecular complexity index is 498. The van der Waals surface area contributed by atoms with Gasteiger partial charge < -0.3 is 5.32 Å². The fourth-order valence-corrected chi connectivity index (χ4v) is 3.05. The third-order valence-corrected chi connectivity index (χ3v) is 4.51. The molecule has 1 unspecified atom stereocenters. The number of nitrogens with one attached hydrogen (secondary N) is 1. The first-order valence-corrected chi connectivity index (χ1v) is 7.84. The summed E-state index contributed by atoms with van der Waals surface area (Å²) < 4.78 is 0. The number of hydrogen-bond donors (Lipinski definition) is 1. The second-order valence-corrected chi connectivity index (χ2v) is 6.46. The van der Waals surface area contributed by atoms with Crippen molar-refractivity contribution in [2.24, 2.45) is 11.3 Å². The summed E-state index contributed by atoms with van der Waals surface area (Å²) >= 11 is 0. The van der Waals surface area contributed by atoms with E-state index in [9.17, 15) is 10.1 Å². The predicted molar refractivity (Wildman–Crippen MR) is 83.5 cm³/mol. The maximum absolute atomic E-state index is 12.2. The molecule has 21 heavy (non-hydrogen) atoms. The molecule has 2 rings (SSSR count). The Morgan fingerprint density at radius 3 is 2.57 bits per heavy atom. The van der Waals surface area contributed by atoms with Crippen molar-refractivity contribution in [1.82, 2.24) is 5.32 Å². The first-order valence-electron chi connectivity index (χ1n) is 7.84. The van der Waals surface area contributed by atoms with Gasteiger partial charge in [-0.15, -0.1) is 0 Å². The Balaban J connectivity index is 1.87. The Kier molecular flexibility index (Phi) is 5.38. The Morgan fingerprint density at radius 2 is 1.95 bits per heavy atom. The highest BCUT2D eigenvalue weighted by molar-refractivity contribution is 5.81. The Labute approximate surface area is 127 Å². The Hall–Kier alpha value is -1.82. The normalized spacial score (nSPS) is 18.5. The number of amides is 1. The standard InChI is InChI=1S/C18H24N2O/c1-18(10-6-3-7-11-18)14-20-17(21)16(13-19)12-15-8-4-2-5-9-15/h2,4-5,8-9,16H,3,6-7,10-12,14H2,1H3,(H,20,21). The SMILES string of the molecule is CC1(CNC(=O)C(C#N)Cc2ccccc2)CCCCC1. The number of carbonyl (C=O) groups excluding carboxylic acids is 1. The van der Waals surface area contributed by atoms with Gasteiger partial charge in [0, 0.05) is 6.54 Å². The number of carbonyl (C=O) groups is 1. The van der Waals surface area contributed by atoms with Gasteiger partial charge in [-0.25, -0.2) is 0 Å². The minimum absolute atomic E-state index is 0.131. The molecule has 1 atom stereocenters. The van der Waals surface area contributed by atoms with Crippen molar-refractivity contribution in [3.05, 3.63) is 35.9 Å². The summed E-state index contributed by atoms with van der Waals surface area (Å²) in [6, 6.07) is 11.9. The van der Waals surface area contributed by atoms with Crippen molar-refractivity contribution in [2.75, 3.05) is 6.54 Å². The lowest BCUT2D eigenvalue weighted by molar-refractivity contribution is -0.124. The molecule has 0 aromatic heterocycles. The lowest BCUT2D eigenvalue weighted by Crippen LogP contribution is -2.40. The van der Waals surface area contributed by atoms with Crippen LogP contribution in [0.25, 0.3) is 0 Å². The van der Waals surface area contributed by atoms with Crippen molar-refractivity contribution in [1.29, 1.82) is 5.26 Å². The van der Waals surface area contributed by atoms with E-state index in [4.69, 9.17) is 0 Å². The molecule has 1 aromatic rings. The van der Waals surface area contributed by atoms with E-state index >= 15 is 0 Å². The highest BCUT2D eigenvalue weighted by Gasteiger charge is 2.28. The lowest BCUT2D eigenvalue weighted by atomic mass is 9.75. The average Bonchev–Trinajstić information content (AvgIpc) is 2.52. The monoisotopic (exact) mass is 284 g/mol. The number of nitrogens with zero attached hydrogens (tertiary/aromatic N) is 1. The maximum Gasteiger partial charge on any atom is 0.237 e. The van der Waals surface area contributed by atoms with E-state index < -0.39 is 5.92 Å². The van der Waals surface area contributed by atoms with E-state index in [0.717, 1.165) is 5.56 Å². The zero-order valence-electron chi connectivity index (χ0n) is 12.8. The topological polar surface area (TPSA) is 52.9 Å². The molecule has 1 aliphatic carbocycles. The first kappa shape index (κ1) is 15.6. The van der Waals surface area contributed by atoms with Crippen LogP contribution in [0.2, 0.25) is 0 Å². The van der Waals surface area contributed by atoms with Gasteiger partial charge in [0.15, 0.2) is 0 Å². The van der Waals surface area contributed by atoms with Gasteiger partial charge in [0.1, 0.15) is 5.92 Å². The van der Waals surface area contributed by atoms with Crippen molar-refractivity contribution in [3.63, 3.8) is 0 Å². The van der Waals surface area contributed by atoms with Gasteiger partial charge >= 0.3 is 0 Å². The van der Waals surface area contributed by atoms with Gasteiger partial charge in [-0.05, 0) is 30.2 Å². The molecule has 1 saturated carbocycles. The third-order valence-electron chi connectivity index (χ3n) is 4.51. The van der Waals surface area contributed by atoms with Crippen LogP contribution in [-0.4, -0.2) is 12.5 Å². The van der Waals surface area contributed by atoms with Crippen LogP contribution in [0.3, 0.4) is 0 Å². The molecule has 112 valence electrons. The van der Waals surface area contributed by atoms with Gasteiger partial charge in [0.05, 0.1) is 6.07 Å². The van der Waals surface area contributed by atoms with Crippen LogP contribution in [0.15, 0.2) is 30.3 Å². The van der Waals surface area contributed by atoms with Crippen LogP contribution in [-0.2, 0) is 11.2 Å². The molecule has 0 saturated heterocycles. The van der Waals surface area contributed by atoms with Crippen LogP contribution in [0.5, 0.6) is 0 Å². The van der Waals surface area contributed by atoms with Crippen LogP contribution in [0.1, 0.15) is 44.6 Å². The van der Waals surface area contributed by atoms with Crippen LogP contribution >= 0.6 is 0 Å². The summed E-state index contributed by atoms with van der Waals surface area (Å²) in [4.78, 5) is 12.2. The highest BCUT2D eigenvalue weighted by atomic mass is 16.1. The largest absolute Gasteiger partial charge is 0.354 e. The summed E-state index contributed by atoms with van der Waals surface area (Å²) in [7, 11) is 0. The van der Waals surface area contributed by atoms with Gasteiger partial charge in [-0.3, -0.25) is 4.79 Å². The molecule has 0 spiro atoms. The molecule has 1 amide bonds. The van der Waals surface area contributed by atoms with Crippen LogP contribution in [0, 0.1) is 22.7 Å². The molecule has 0 bridgehead atoms. The van der Waals surface area contributed by atoms with Gasteiger partial charge in [0.25, 0.3) is 0 Å². The van der Waals surface area contributed by atoms with E-state index in [1.54, 1.807) is 0 Å². The van der Waals surface area contributed by atoms with E-state index in [1.165, 1.54) is 32.1 Å². The van der Waals surface area contributed by atoms with E-state index in [0.29, 0.717) is 13.0 Å². The van der Waals surface area contributed by atoms with Gasteiger partial charge in [-0.2, -0.15) is 5.26 Å². The zero-order valence-corrected chi connectivity index (χ0v) is 12.8. The first-order chi connectivity index (χ1) is 10.1. The van der Waals surface area contributed by atoms with Crippen molar-refractivity contribution >= 4 is 5.91 Å². The van der Waals surface area contributed by atoms with Gasteiger partial charge in [-0.1, -0.05) is 56.5 Å². The lowest BCUT2D eigenvalue weighted by Gasteiger charge is -2.33. The molecule has 1 N–H and O–H groups in total. The van der Waals surface area contributed by atoms with Crippen LogP contribution < -0.4 is 5.32 Å². The molecule has 3 heteroatoms. The smallest absolute Gasteiger partial charge is 0.237 e. The van der Waals surface area contributed by atoms with Crippen molar-refractivity contribution in [3.8, 4) is 6.07 Å². The molecule has 1 aromatic carbocycles.